The van der Waals surface area contributed by atoms with Gasteiger partial charge < -0.3 is 5.32 Å². The maximum atomic E-state index is 3.80. The SMILES string of the molecule is CCC1(N2CC(c3ccccc3)NCC2C(C)C)CCC1. The number of nitrogens with one attached hydrogen (secondary N) is 1. The van der Waals surface area contributed by atoms with Gasteiger partial charge in [0.25, 0.3) is 0 Å². The van der Waals surface area contributed by atoms with Crippen LogP contribution in [0, 0.1) is 5.92 Å². The van der Waals surface area contributed by atoms with E-state index in [0.29, 0.717) is 17.6 Å². The zero-order chi connectivity index (χ0) is 14.9. The molecule has 2 atom stereocenters. The molecule has 0 bridgehead atoms. The van der Waals surface area contributed by atoms with Gasteiger partial charge in [-0.05, 0) is 37.2 Å². The average molecular weight is 286 g/mol. The van der Waals surface area contributed by atoms with Gasteiger partial charge in [-0.25, -0.2) is 0 Å². The van der Waals surface area contributed by atoms with Crippen LogP contribution in [0.5, 0.6) is 0 Å². The lowest BCUT2D eigenvalue weighted by atomic mass is 9.71. The van der Waals surface area contributed by atoms with Crippen molar-refractivity contribution in [3.8, 4) is 0 Å². The van der Waals surface area contributed by atoms with Crippen LogP contribution in [-0.2, 0) is 0 Å². The largest absolute Gasteiger partial charge is 0.307 e. The first-order valence-electron chi connectivity index (χ1n) is 8.71. The third kappa shape index (κ3) is 2.76. The third-order valence-electron chi connectivity index (χ3n) is 5.88. The second-order valence-corrected chi connectivity index (χ2v) is 7.27. The average Bonchev–Trinajstić information content (AvgIpc) is 2.47. The van der Waals surface area contributed by atoms with Crippen LogP contribution in [0.3, 0.4) is 0 Å². The minimum Gasteiger partial charge on any atom is -0.307 e. The maximum absolute atomic E-state index is 3.80. The molecule has 2 unspecified atom stereocenters. The Bertz CT molecular complexity index is 444. The van der Waals surface area contributed by atoms with E-state index in [0.717, 1.165) is 12.5 Å². The highest BCUT2D eigenvalue weighted by atomic mass is 15.3. The summed E-state index contributed by atoms with van der Waals surface area (Å²) in [5, 5.41) is 3.80. The Morgan fingerprint density at radius 2 is 1.95 bits per heavy atom. The summed E-state index contributed by atoms with van der Waals surface area (Å²) >= 11 is 0. The number of rotatable bonds is 4. The van der Waals surface area contributed by atoms with E-state index < -0.39 is 0 Å². The Balaban J connectivity index is 1.82. The van der Waals surface area contributed by atoms with E-state index in [-0.39, 0.29) is 0 Å². The molecule has 21 heavy (non-hydrogen) atoms. The zero-order valence-electron chi connectivity index (χ0n) is 13.8. The van der Waals surface area contributed by atoms with Gasteiger partial charge in [0.1, 0.15) is 0 Å². The first-order chi connectivity index (χ1) is 10.2. The highest BCUT2D eigenvalue weighted by Gasteiger charge is 2.46. The fourth-order valence-corrected chi connectivity index (χ4v) is 4.25. The summed E-state index contributed by atoms with van der Waals surface area (Å²) in [7, 11) is 0. The molecule has 2 aliphatic rings. The van der Waals surface area contributed by atoms with Gasteiger partial charge in [-0.1, -0.05) is 51.1 Å². The second kappa shape index (κ2) is 6.10. The van der Waals surface area contributed by atoms with Gasteiger partial charge in [-0.15, -0.1) is 0 Å². The summed E-state index contributed by atoms with van der Waals surface area (Å²) in [5.41, 5.74) is 1.93. The summed E-state index contributed by atoms with van der Waals surface area (Å²) in [4.78, 5) is 2.87. The lowest BCUT2D eigenvalue weighted by molar-refractivity contribution is -0.0570. The number of hydrogen-bond acceptors (Lipinski definition) is 2. The van der Waals surface area contributed by atoms with Gasteiger partial charge >= 0.3 is 0 Å². The summed E-state index contributed by atoms with van der Waals surface area (Å²) in [6.45, 7) is 9.43. The Morgan fingerprint density at radius 3 is 2.48 bits per heavy atom. The van der Waals surface area contributed by atoms with E-state index in [9.17, 15) is 0 Å². The van der Waals surface area contributed by atoms with Crippen molar-refractivity contribution < 1.29 is 0 Å². The number of nitrogens with zero attached hydrogens (tertiary/aromatic N) is 1. The number of piperazine rings is 1. The Hall–Kier alpha value is -0.860. The smallest absolute Gasteiger partial charge is 0.0450 e. The van der Waals surface area contributed by atoms with Crippen LogP contribution in [0.4, 0.5) is 0 Å². The first-order valence-corrected chi connectivity index (χ1v) is 8.71. The second-order valence-electron chi connectivity index (χ2n) is 7.27. The van der Waals surface area contributed by atoms with Gasteiger partial charge in [-0.3, -0.25) is 4.90 Å². The minimum absolute atomic E-state index is 0.490. The summed E-state index contributed by atoms with van der Waals surface area (Å²) in [6.07, 6.45) is 5.51. The van der Waals surface area contributed by atoms with E-state index in [1.807, 2.05) is 0 Å². The van der Waals surface area contributed by atoms with Gasteiger partial charge in [0, 0.05) is 30.7 Å². The topological polar surface area (TPSA) is 15.3 Å². The van der Waals surface area contributed by atoms with Crippen molar-refractivity contribution >= 4 is 0 Å². The van der Waals surface area contributed by atoms with Gasteiger partial charge in [0.2, 0.25) is 0 Å². The maximum Gasteiger partial charge on any atom is 0.0450 e. The van der Waals surface area contributed by atoms with Crippen molar-refractivity contribution in [3.05, 3.63) is 35.9 Å². The molecule has 0 aromatic heterocycles. The molecule has 1 saturated heterocycles. The summed E-state index contributed by atoms with van der Waals surface area (Å²) < 4.78 is 0. The molecule has 1 saturated carbocycles. The Kier molecular flexibility index (Phi) is 4.37. The van der Waals surface area contributed by atoms with Crippen LogP contribution in [0.2, 0.25) is 0 Å². The van der Waals surface area contributed by atoms with E-state index in [2.05, 4.69) is 61.3 Å². The van der Waals surface area contributed by atoms with Crippen LogP contribution in [-0.4, -0.2) is 29.6 Å². The summed E-state index contributed by atoms with van der Waals surface area (Å²) in [5.74, 6) is 0.721. The molecular weight excluding hydrogens is 256 g/mol. The monoisotopic (exact) mass is 286 g/mol. The highest BCUT2D eigenvalue weighted by Crippen LogP contribution is 2.44. The molecule has 0 amide bonds. The fourth-order valence-electron chi connectivity index (χ4n) is 4.25. The molecule has 0 spiro atoms. The molecule has 1 aromatic carbocycles. The molecule has 1 heterocycles. The van der Waals surface area contributed by atoms with E-state index in [1.54, 1.807) is 0 Å². The zero-order valence-corrected chi connectivity index (χ0v) is 13.8. The van der Waals surface area contributed by atoms with Gasteiger partial charge in [0.15, 0.2) is 0 Å². The van der Waals surface area contributed by atoms with Gasteiger partial charge in [0.05, 0.1) is 0 Å². The predicted octanol–water partition coefficient (Wildman–Crippen LogP) is 3.99. The molecule has 1 N–H and O–H groups in total. The molecule has 1 aromatic rings. The molecule has 0 radical (unpaired) electrons. The van der Waals surface area contributed by atoms with Crippen LogP contribution in [0.1, 0.15) is 58.1 Å². The third-order valence-corrected chi connectivity index (χ3v) is 5.88. The van der Waals surface area contributed by atoms with E-state index in [1.165, 1.54) is 37.8 Å². The van der Waals surface area contributed by atoms with Crippen LogP contribution in [0.25, 0.3) is 0 Å². The Labute approximate surface area is 129 Å². The number of benzene rings is 1. The summed E-state index contributed by atoms with van der Waals surface area (Å²) in [6, 6.07) is 12.1. The van der Waals surface area contributed by atoms with Crippen molar-refractivity contribution in [2.75, 3.05) is 13.1 Å². The fraction of sp³-hybridized carbons (Fsp3) is 0.684. The molecule has 1 aliphatic heterocycles. The van der Waals surface area contributed by atoms with Crippen molar-refractivity contribution in [1.29, 1.82) is 0 Å². The van der Waals surface area contributed by atoms with Crippen molar-refractivity contribution in [1.82, 2.24) is 10.2 Å². The predicted molar refractivity (Wildman–Crippen MR) is 89.4 cm³/mol. The lowest BCUT2D eigenvalue weighted by Crippen LogP contribution is -2.65. The van der Waals surface area contributed by atoms with Crippen molar-refractivity contribution in [2.24, 2.45) is 5.92 Å². The first kappa shape index (κ1) is 15.1. The van der Waals surface area contributed by atoms with Crippen LogP contribution < -0.4 is 5.32 Å². The quantitative estimate of drug-likeness (QED) is 0.900. The molecular formula is C19H30N2. The van der Waals surface area contributed by atoms with Gasteiger partial charge in [-0.2, -0.15) is 0 Å². The molecule has 3 rings (SSSR count). The minimum atomic E-state index is 0.490. The highest BCUT2D eigenvalue weighted by molar-refractivity contribution is 5.21. The molecule has 116 valence electrons. The molecule has 2 heteroatoms. The standard InChI is InChI=1S/C19H30N2/c1-4-19(11-8-12-19)21-14-17(16-9-6-5-7-10-16)20-13-18(21)15(2)3/h5-7,9-10,15,17-18,20H,4,8,11-14H2,1-3H3. The Morgan fingerprint density at radius 1 is 1.24 bits per heavy atom. The number of hydrogen-bond donors (Lipinski definition) is 1. The normalized spacial score (nSPS) is 29.3. The molecule has 2 nitrogen and oxygen atoms in total. The molecule has 2 fully saturated rings. The van der Waals surface area contributed by atoms with Crippen LogP contribution in [0.15, 0.2) is 30.3 Å². The van der Waals surface area contributed by atoms with E-state index >= 15 is 0 Å². The van der Waals surface area contributed by atoms with E-state index in [4.69, 9.17) is 0 Å². The van der Waals surface area contributed by atoms with Crippen molar-refractivity contribution in [3.63, 3.8) is 0 Å². The molecule has 1 aliphatic carbocycles. The van der Waals surface area contributed by atoms with Crippen LogP contribution >= 0.6 is 0 Å². The lowest BCUT2D eigenvalue weighted by Gasteiger charge is -2.57. The van der Waals surface area contributed by atoms with Crippen molar-refractivity contribution in [2.45, 2.75) is 64.1 Å².